The second-order valence-corrected chi connectivity index (χ2v) is 8.19. The van der Waals surface area contributed by atoms with E-state index in [0.29, 0.717) is 23.0 Å². The minimum absolute atomic E-state index is 0.0778. The number of aromatic hydroxyl groups is 1. The van der Waals surface area contributed by atoms with Crippen molar-refractivity contribution in [2.75, 3.05) is 20.8 Å². The third kappa shape index (κ3) is 3.77. The molecule has 0 radical (unpaired) electrons. The first kappa shape index (κ1) is 22.0. The predicted octanol–water partition coefficient (Wildman–Crippen LogP) is 5.19. The van der Waals surface area contributed by atoms with Crippen LogP contribution >= 0.6 is 11.6 Å². The smallest absolute Gasteiger partial charge is 0.273 e. The van der Waals surface area contributed by atoms with Gasteiger partial charge in [0.05, 0.1) is 26.0 Å². The average molecular weight is 456 g/mol. The summed E-state index contributed by atoms with van der Waals surface area (Å²) in [5.74, 6) is 0.390. The maximum absolute atomic E-state index is 13.4. The van der Waals surface area contributed by atoms with Crippen LogP contribution < -0.4 is 9.47 Å². The van der Waals surface area contributed by atoms with E-state index in [2.05, 4.69) is 17.1 Å². The zero-order valence-corrected chi connectivity index (χ0v) is 19.1. The quantitative estimate of drug-likeness (QED) is 0.456. The number of hydrogen-bond donors (Lipinski definition) is 2. The number of phenolic OH excluding ortho intramolecular Hbond substituents is 1. The van der Waals surface area contributed by atoms with Crippen LogP contribution in [0.4, 0.5) is 0 Å². The molecule has 1 atom stereocenters. The van der Waals surface area contributed by atoms with E-state index in [4.69, 9.17) is 21.1 Å². The Bertz CT molecular complexity index is 1100. The first-order valence-electron chi connectivity index (χ1n) is 10.6. The van der Waals surface area contributed by atoms with E-state index in [0.717, 1.165) is 36.0 Å². The fraction of sp³-hybridized carbons (Fsp3) is 0.333. The highest BCUT2D eigenvalue weighted by Gasteiger charge is 2.42. The van der Waals surface area contributed by atoms with Crippen LogP contribution in [0.5, 0.6) is 17.2 Å². The lowest BCUT2D eigenvalue weighted by atomic mass is 9.95. The van der Waals surface area contributed by atoms with Crippen molar-refractivity contribution < 1.29 is 19.4 Å². The topological polar surface area (TPSA) is 87.7 Å². The number of H-pyrrole nitrogens is 1. The number of amides is 1. The molecule has 8 heteroatoms. The van der Waals surface area contributed by atoms with Crippen LogP contribution in [-0.2, 0) is 0 Å². The van der Waals surface area contributed by atoms with Crippen molar-refractivity contribution in [2.45, 2.75) is 32.2 Å². The number of ether oxygens (including phenoxy) is 2. The molecule has 7 nitrogen and oxygen atoms in total. The number of methoxy groups -OCH3 is 2. The van der Waals surface area contributed by atoms with Gasteiger partial charge >= 0.3 is 0 Å². The van der Waals surface area contributed by atoms with Gasteiger partial charge in [0.2, 0.25) is 5.75 Å². The number of rotatable bonds is 8. The molecule has 32 heavy (non-hydrogen) atoms. The molecule has 0 saturated heterocycles. The number of fused-ring (bicyclic) bond motifs is 1. The summed E-state index contributed by atoms with van der Waals surface area (Å²) in [5.41, 5.74) is 3.60. The Labute approximate surface area is 191 Å². The monoisotopic (exact) mass is 455 g/mol. The summed E-state index contributed by atoms with van der Waals surface area (Å²) in [6.45, 7) is 2.73. The second kappa shape index (κ2) is 9.12. The molecule has 4 rings (SSSR count). The molecule has 0 aliphatic carbocycles. The normalized spacial score (nSPS) is 15.2. The summed E-state index contributed by atoms with van der Waals surface area (Å²) >= 11 is 6.07. The number of halogens is 1. The zero-order chi connectivity index (χ0) is 22.8. The third-order valence-electron chi connectivity index (χ3n) is 5.80. The number of carbonyl (C=O) groups excluding carboxylic acids is 1. The summed E-state index contributed by atoms with van der Waals surface area (Å²) in [4.78, 5) is 15.2. The number of aromatic nitrogens is 2. The Morgan fingerprint density at radius 2 is 1.78 bits per heavy atom. The van der Waals surface area contributed by atoms with Gasteiger partial charge in [-0.05, 0) is 36.2 Å². The van der Waals surface area contributed by atoms with E-state index in [1.54, 1.807) is 24.3 Å². The van der Waals surface area contributed by atoms with Crippen molar-refractivity contribution in [1.29, 1.82) is 0 Å². The summed E-state index contributed by atoms with van der Waals surface area (Å²) in [5, 5.41) is 18.4. The molecule has 2 N–H and O–H groups in total. The van der Waals surface area contributed by atoms with E-state index in [-0.39, 0.29) is 23.2 Å². The van der Waals surface area contributed by atoms with Crippen LogP contribution in [0.15, 0.2) is 36.4 Å². The van der Waals surface area contributed by atoms with Gasteiger partial charge in [-0.2, -0.15) is 5.10 Å². The van der Waals surface area contributed by atoms with Crippen molar-refractivity contribution in [2.24, 2.45) is 0 Å². The molecule has 0 fully saturated rings. The molecular formula is C24H26ClN3O4. The molecular weight excluding hydrogens is 430 g/mol. The highest BCUT2D eigenvalue weighted by Crippen LogP contribution is 2.47. The summed E-state index contributed by atoms with van der Waals surface area (Å²) < 4.78 is 10.7. The van der Waals surface area contributed by atoms with Gasteiger partial charge in [0.25, 0.3) is 5.91 Å². The second-order valence-electron chi connectivity index (χ2n) is 7.75. The van der Waals surface area contributed by atoms with Gasteiger partial charge in [-0.15, -0.1) is 0 Å². The van der Waals surface area contributed by atoms with E-state index in [9.17, 15) is 9.90 Å². The Kier molecular flexibility index (Phi) is 6.28. The Balaban J connectivity index is 1.88. The lowest BCUT2D eigenvalue weighted by Crippen LogP contribution is -2.30. The van der Waals surface area contributed by atoms with Gasteiger partial charge in [-0.25, -0.2) is 0 Å². The summed E-state index contributed by atoms with van der Waals surface area (Å²) in [6, 6.07) is 10.5. The van der Waals surface area contributed by atoms with E-state index < -0.39 is 6.04 Å². The molecule has 1 unspecified atom stereocenters. The standard InChI is InChI=1S/C24H26ClN3O4/c1-4-5-6-11-28-22(15-12-17(31-2)23(29)18(13-15)32-3)19-20(26-27-21(19)24(28)30)14-7-9-16(25)10-8-14/h7-10,12-13,22,29H,4-6,11H2,1-3H3,(H,26,27). The fourth-order valence-corrected chi connectivity index (χ4v) is 4.33. The highest BCUT2D eigenvalue weighted by atomic mass is 35.5. The SMILES string of the molecule is CCCCCN1C(=O)c2[nH]nc(-c3ccc(Cl)cc3)c2C1c1cc(OC)c(O)c(OC)c1. The molecule has 1 aliphatic rings. The molecule has 2 heterocycles. The number of nitrogens with zero attached hydrogens (tertiary/aromatic N) is 2. The van der Waals surface area contributed by atoms with Crippen LogP contribution in [0, 0.1) is 0 Å². The predicted molar refractivity (Wildman–Crippen MR) is 123 cm³/mol. The number of aromatic amines is 1. The molecule has 168 valence electrons. The lowest BCUT2D eigenvalue weighted by molar-refractivity contribution is 0.0740. The minimum Gasteiger partial charge on any atom is -0.502 e. The van der Waals surface area contributed by atoms with E-state index >= 15 is 0 Å². The number of unbranched alkanes of at least 4 members (excludes halogenated alkanes) is 2. The zero-order valence-electron chi connectivity index (χ0n) is 18.3. The number of carbonyl (C=O) groups is 1. The van der Waals surface area contributed by atoms with Crippen LogP contribution in [0.25, 0.3) is 11.3 Å². The maximum Gasteiger partial charge on any atom is 0.273 e. The van der Waals surface area contributed by atoms with Crippen molar-refractivity contribution in [1.82, 2.24) is 15.1 Å². The van der Waals surface area contributed by atoms with Crippen molar-refractivity contribution in [3.63, 3.8) is 0 Å². The molecule has 2 aromatic carbocycles. The largest absolute Gasteiger partial charge is 0.502 e. The molecule has 1 aliphatic heterocycles. The first-order valence-corrected chi connectivity index (χ1v) is 11.0. The third-order valence-corrected chi connectivity index (χ3v) is 6.05. The number of hydrogen-bond acceptors (Lipinski definition) is 5. The molecule has 1 amide bonds. The van der Waals surface area contributed by atoms with Crippen LogP contribution in [0.2, 0.25) is 5.02 Å². The van der Waals surface area contributed by atoms with Crippen molar-refractivity contribution in [3.05, 3.63) is 58.2 Å². The molecule has 0 saturated carbocycles. The Morgan fingerprint density at radius 1 is 1.12 bits per heavy atom. The van der Waals surface area contributed by atoms with Gasteiger partial charge in [-0.3, -0.25) is 9.89 Å². The van der Waals surface area contributed by atoms with Gasteiger partial charge in [0.15, 0.2) is 11.5 Å². The van der Waals surface area contributed by atoms with Gasteiger partial charge in [0, 0.05) is 22.7 Å². The maximum atomic E-state index is 13.4. The highest BCUT2D eigenvalue weighted by molar-refractivity contribution is 6.30. The number of nitrogens with one attached hydrogen (secondary N) is 1. The number of benzene rings is 2. The Hall–Kier alpha value is -3.19. The lowest BCUT2D eigenvalue weighted by Gasteiger charge is -2.27. The van der Waals surface area contributed by atoms with Gasteiger partial charge < -0.3 is 19.5 Å². The molecule has 1 aromatic heterocycles. The average Bonchev–Trinajstić information content (AvgIpc) is 3.34. The fourth-order valence-electron chi connectivity index (χ4n) is 4.21. The van der Waals surface area contributed by atoms with Crippen LogP contribution in [0.1, 0.15) is 53.8 Å². The summed E-state index contributed by atoms with van der Waals surface area (Å²) in [7, 11) is 2.97. The Morgan fingerprint density at radius 3 is 2.38 bits per heavy atom. The molecule has 0 spiro atoms. The summed E-state index contributed by atoms with van der Waals surface area (Å²) in [6.07, 6.45) is 2.96. The van der Waals surface area contributed by atoms with E-state index in [1.165, 1.54) is 14.2 Å². The molecule has 0 bridgehead atoms. The minimum atomic E-state index is -0.401. The molecule has 3 aromatic rings. The van der Waals surface area contributed by atoms with Gasteiger partial charge in [-0.1, -0.05) is 43.5 Å². The van der Waals surface area contributed by atoms with Crippen molar-refractivity contribution >= 4 is 17.5 Å². The van der Waals surface area contributed by atoms with Crippen LogP contribution in [-0.4, -0.2) is 46.9 Å². The number of phenols is 1. The van der Waals surface area contributed by atoms with Gasteiger partial charge in [0.1, 0.15) is 5.69 Å². The van der Waals surface area contributed by atoms with Crippen molar-refractivity contribution in [3.8, 4) is 28.5 Å². The first-order chi connectivity index (χ1) is 15.5. The van der Waals surface area contributed by atoms with Crippen LogP contribution in [0.3, 0.4) is 0 Å². The van der Waals surface area contributed by atoms with E-state index in [1.807, 2.05) is 17.0 Å².